The summed E-state index contributed by atoms with van der Waals surface area (Å²) in [7, 11) is 1.94. The van der Waals surface area contributed by atoms with Crippen molar-refractivity contribution in [2.75, 3.05) is 0 Å². The average molecular weight is 332 g/mol. The van der Waals surface area contributed by atoms with Gasteiger partial charge in [0.05, 0.1) is 5.56 Å². The van der Waals surface area contributed by atoms with Crippen molar-refractivity contribution in [3.8, 4) is 22.9 Å². The Morgan fingerprint density at radius 2 is 1.88 bits per heavy atom. The number of hydrogen-bond acceptors (Lipinski definition) is 6. The van der Waals surface area contributed by atoms with Gasteiger partial charge in [-0.05, 0) is 12.1 Å². The summed E-state index contributed by atoms with van der Waals surface area (Å²) in [4.78, 5) is 17.5. The minimum Gasteiger partial charge on any atom is -0.330 e. The minimum atomic E-state index is 0.599. The number of aromatic nitrogens is 8. The maximum absolute atomic E-state index is 4.44. The van der Waals surface area contributed by atoms with Crippen molar-refractivity contribution in [3.63, 3.8) is 0 Å². The molecule has 0 aliphatic carbocycles. The van der Waals surface area contributed by atoms with Gasteiger partial charge in [-0.2, -0.15) is 0 Å². The molecule has 0 aromatic carbocycles. The van der Waals surface area contributed by atoms with Crippen LogP contribution in [0.5, 0.6) is 0 Å². The molecule has 0 radical (unpaired) electrons. The highest BCUT2D eigenvalue weighted by Gasteiger charge is 2.10. The van der Waals surface area contributed by atoms with E-state index in [1.165, 1.54) is 0 Å². The second-order valence-electron chi connectivity index (χ2n) is 5.56. The Kier molecular flexibility index (Phi) is 3.99. The highest BCUT2D eigenvalue weighted by Crippen LogP contribution is 2.18. The summed E-state index contributed by atoms with van der Waals surface area (Å²) >= 11 is 0. The molecular weight excluding hydrogens is 316 g/mol. The van der Waals surface area contributed by atoms with Crippen molar-refractivity contribution in [2.45, 2.75) is 13.0 Å². The van der Waals surface area contributed by atoms with Crippen LogP contribution >= 0.6 is 0 Å². The van der Waals surface area contributed by atoms with Crippen LogP contribution in [0.2, 0.25) is 0 Å². The average Bonchev–Trinajstić information content (AvgIpc) is 3.29. The van der Waals surface area contributed by atoms with Crippen LogP contribution in [0.1, 0.15) is 5.82 Å². The summed E-state index contributed by atoms with van der Waals surface area (Å²) in [5, 5.41) is 8.01. The van der Waals surface area contributed by atoms with Crippen LogP contribution in [-0.2, 0) is 20.0 Å². The molecule has 0 N–H and O–H groups in total. The number of rotatable bonds is 5. The fourth-order valence-electron chi connectivity index (χ4n) is 2.57. The van der Waals surface area contributed by atoms with E-state index in [2.05, 4.69) is 34.7 Å². The Balaban J connectivity index is 1.54. The molecule has 25 heavy (non-hydrogen) atoms. The van der Waals surface area contributed by atoms with Crippen LogP contribution in [0, 0.1) is 0 Å². The molecule has 8 nitrogen and oxygen atoms in total. The Morgan fingerprint density at radius 3 is 2.60 bits per heavy atom. The van der Waals surface area contributed by atoms with Crippen molar-refractivity contribution in [1.29, 1.82) is 0 Å². The second kappa shape index (κ2) is 6.60. The molecule has 8 heteroatoms. The number of imidazole rings is 1. The van der Waals surface area contributed by atoms with E-state index in [9.17, 15) is 0 Å². The fraction of sp³-hybridized carbons (Fsp3) is 0.176. The van der Waals surface area contributed by atoms with Gasteiger partial charge in [0.2, 0.25) is 0 Å². The Hall–Kier alpha value is -3.42. The molecule has 4 aromatic heterocycles. The summed E-state index contributed by atoms with van der Waals surface area (Å²) < 4.78 is 3.98. The molecule has 0 saturated carbocycles. The smallest absolute Gasteiger partial charge is 0.178 e. The van der Waals surface area contributed by atoms with Gasteiger partial charge in [0.25, 0.3) is 0 Å². The minimum absolute atomic E-state index is 0.599. The third kappa shape index (κ3) is 3.14. The lowest BCUT2D eigenvalue weighted by molar-refractivity contribution is 0.653. The van der Waals surface area contributed by atoms with E-state index in [1.54, 1.807) is 31.1 Å². The van der Waals surface area contributed by atoms with E-state index in [-0.39, 0.29) is 0 Å². The Morgan fingerprint density at radius 1 is 1.00 bits per heavy atom. The van der Waals surface area contributed by atoms with Gasteiger partial charge in [-0.15, -0.1) is 10.2 Å². The van der Waals surface area contributed by atoms with Crippen LogP contribution in [0.3, 0.4) is 0 Å². The van der Waals surface area contributed by atoms with Crippen molar-refractivity contribution >= 4 is 0 Å². The van der Waals surface area contributed by atoms with Crippen molar-refractivity contribution in [2.24, 2.45) is 7.05 Å². The summed E-state index contributed by atoms with van der Waals surface area (Å²) in [5.74, 6) is 2.36. The van der Waals surface area contributed by atoms with Crippen LogP contribution in [0.15, 0.2) is 55.5 Å². The summed E-state index contributed by atoms with van der Waals surface area (Å²) in [6.45, 7) is 0.754. The van der Waals surface area contributed by atoms with E-state index < -0.39 is 0 Å². The maximum atomic E-state index is 4.44. The van der Waals surface area contributed by atoms with Crippen molar-refractivity contribution in [3.05, 3.63) is 61.3 Å². The molecule has 0 atom stereocenters. The Bertz CT molecular complexity index is 956. The van der Waals surface area contributed by atoms with E-state index in [1.807, 2.05) is 36.0 Å². The fourth-order valence-corrected chi connectivity index (χ4v) is 2.57. The van der Waals surface area contributed by atoms with E-state index in [0.717, 1.165) is 35.9 Å². The maximum Gasteiger partial charge on any atom is 0.178 e. The standard InChI is InChI=1S/C17H16N8/c1-24-12-22-23-15(24)5-8-25-9-7-19-17(25)13-10-20-16(21-11-13)14-4-2-3-6-18-14/h2-4,6-7,9-12H,5,8H2,1H3. The first-order chi connectivity index (χ1) is 12.3. The third-order valence-electron chi connectivity index (χ3n) is 3.90. The van der Waals surface area contributed by atoms with Gasteiger partial charge in [-0.3, -0.25) is 4.98 Å². The molecule has 0 aliphatic heterocycles. The third-order valence-corrected chi connectivity index (χ3v) is 3.90. The van der Waals surface area contributed by atoms with Gasteiger partial charge in [-0.1, -0.05) is 6.07 Å². The highest BCUT2D eigenvalue weighted by atomic mass is 15.2. The van der Waals surface area contributed by atoms with Gasteiger partial charge >= 0.3 is 0 Å². The highest BCUT2D eigenvalue weighted by molar-refractivity contribution is 5.56. The molecule has 0 unspecified atom stereocenters. The monoisotopic (exact) mass is 332 g/mol. The molecule has 0 saturated heterocycles. The largest absolute Gasteiger partial charge is 0.330 e. The Labute approximate surface area is 144 Å². The lowest BCUT2D eigenvalue weighted by Gasteiger charge is -2.07. The van der Waals surface area contributed by atoms with Gasteiger partial charge in [0.15, 0.2) is 5.82 Å². The topological polar surface area (TPSA) is 87.2 Å². The molecule has 0 fully saturated rings. The zero-order chi connectivity index (χ0) is 17.1. The number of pyridine rings is 1. The SMILES string of the molecule is Cn1cnnc1CCn1ccnc1-c1cnc(-c2ccccn2)nc1. The quantitative estimate of drug-likeness (QED) is 0.553. The van der Waals surface area contributed by atoms with Gasteiger partial charge < -0.3 is 9.13 Å². The molecule has 0 spiro atoms. The number of nitrogens with zero attached hydrogens (tertiary/aromatic N) is 8. The summed E-state index contributed by atoms with van der Waals surface area (Å²) in [6, 6.07) is 5.67. The molecule has 0 aliphatic rings. The van der Waals surface area contributed by atoms with E-state index >= 15 is 0 Å². The first kappa shape index (κ1) is 15.1. The first-order valence-corrected chi connectivity index (χ1v) is 7.89. The zero-order valence-corrected chi connectivity index (χ0v) is 13.7. The molecule has 4 rings (SSSR count). The first-order valence-electron chi connectivity index (χ1n) is 7.89. The van der Waals surface area contributed by atoms with E-state index in [0.29, 0.717) is 5.82 Å². The van der Waals surface area contributed by atoms with Crippen LogP contribution in [0.4, 0.5) is 0 Å². The summed E-state index contributed by atoms with van der Waals surface area (Å²) in [5.41, 5.74) is 1.61. The lowest BCUT2D eigenvalue weighted by atomic mass is 10.3. The molecule has 4 heterocycles. The molecule has 0 bridgehead atoms. The number of aryl methyl sites for hydroxylation is 3. The van der Waals surface area contributed by atoms with Gasteiger partial charge in [0.1, 0.15) is 23.7 Å². The molecule has 124 valence electrons. The second-order valence-corrected chi connectivity index (χ2v) is 5.56. The van der Waals surface area contributed by atoms with Crippen molar-refractivity contribution in [1.82, 2.24) is 39.3 Å². The predicted molar refractivity (Wildman–Crippen MR) is 91.2 cm³/mol. The summed E-state index contributed by atoms with van der Waals surface area (Å²) in [6.07, 6.45) is 11.5. The molecular formula is C17H16N8. The lowest BCUT2D eigenvalue weighted by Crippen LogP contribution is -2.06. The normalized spacial score (nSPS) is 10.9. The molecule has 4 aromatic rings. The van der Waals surface area contributed by atoms with Crippen LogP contribution < -0.4 is 0 Å². The van der Waals surface area contributed by atoms with Crippen molar-refractivity contribution < 1.29 is 0 Å². The molecule has 0 amide bonds. The van der Waals surface area contributed by atoms with Crippen LogP contribution in [0.25, 0.3) is 22.9 Å². The van der Waals surface area contributed by atoms with Gasteiger partial charge in [0, 0.05) is 51.0 Å². The zero-order valence-electron chi connectivity index (χ0n) is 13.7. The van der Waals surface area contributed by atoms with E-state index in [4.69, 9.17) is 0 Å². The predicted octanol–water partition coefficient (Wildman–Crippen LogP) is 1.77. The van der Waals surface area contributed by atoms with Crippen LogP contribution in [-0.4, -0.2) is 39.3 Å². The van der Waals surface area contributed by atoms with Gasteiger partial charge in [-0.25, -0.2) is 15.0 Å². The number of hydrogen-bond donors (Lipinski definition) is 0.